The Labute approximate surface area is 151 Å². The molecule has 1 aliphatic heterocycles. The molecule has 0 spiro atoms. The third-order valence-corrected chi connectivity index (χ3v) is 4.14. The number of rotatable bonds is 4. The number of carbonyl (C=O) groups is 2. The molecule has 0 radical (unpaired) electrons. The van der Waals surface area contributed by atoms with Gasteiger partial charge in [-0.1, -0.05) is 0 Å². The SMILES string of the molecule is O=C(O)c1cn(CC(=O)N2CCOCC2)c(=O)n(-c2ccc(F)cc2)c1=O. The number of hydrogen-bond acceptors (Lipinski definition) is 5. The largest absolute Gasteiger partial charge is 0.477 e. The molecule has 0 aliphatic carbocycles. The van der Waals surface area contributed by atoms with E-state index in [9.17, 15) is 28.7 Å². The topological polar surface area (TPSA) is 111 Å². The van der Waals surface area contributed by atoms with Crippen LogP contribution in [0.5, 0.6) is 0 Å². The van der Waals surface area contributed by atoms with Crippen LogP contribution in [0.2, 0.25) is 0 Å². The van der Waals surface area contributed by atoms with E-state index in [4.69, 9.17) is 4.74 Å². The molecular weight excluding hydrogens is 361 g/mol. The van der Waals surface area contributed by atoms with Crippen molar-refractivity contribution in [3.63, 3.8) is 0 Å². The van der Waals surface area contributed by atoms with Gasteiger partial charge in [-0.15, -0.1) is 0 Å². The van der Waals surface area contributed by atoms with Crippen LogP contribution in [0.1, 0.15) is 10.4 Å². The average Bonchev–Trinajstić information content (AvgIpc) is 2.66. The van der Waals surface area contributed by atoms with E-state index in [1.165, 1.54) is 17.0 Å². The molecule has 0 unspecified atom stereocenters. The Bertz CT molecular complexity index is 989. The van der Waals surface area contributed by atoms with Gasteiger partial charge in [-0.05, 0) is 24.3 Å². The van der Waals surface area contributed by atoms with Crippen LogP contribution in [0.3, 0.4) is 0 Å². The number of carboxylic acids is 1. The van der Waals surface area contributed by atoms with Crippen LogP contribution in [-0.2, 0) is 16.1 Å². The number of halogens is 1. The molecule has 0 atom stereocenters. The standard InChI is InChI=1S/C17H16FN3O6/c18-11-1-3-12(4-2-11)21-15(23)13(16(24)25)9-20(17(21)26)10-14(22)19-5-7-27-8-6-19/h1-4,9H,5-8,10H2,(H,24,25). The molecule has 1 aromatic heterocycles. The van der Waals surface area contributed by atoms with Gasteiger partial charge in [-0.3, -0.25) is 14.2 Å². The molecule has 1 N–H and O–H groups in total. The van der Waals surface area contributed by atoms with Crippen molar-refractivity contribution in [3.8, 4) is 5.69 Å². The average molecular weight is 377 g/mol. The van der Waals surface area contributed by atoms with Crippen LogP contribution in [-0.4, -0.2) is 57.3 Å². The number of benzene rings is 1. The highest BCUT2D eigenvalue weighted by atomic mass is 19.1. The number of amides is 1. The van der Waals surface area contributed by atoms with Gasteiger partial charge in [0.1, 0.15) is 17.9 Å². The number of carboxylic acid groups (broad SMARTS) is 1. The fourth-order valence-electron chi connectivity index (χ4n) is 2.74. The van der Waals surface area contributed by atoms with Crippen molar-refractivity contribution in [1.29, 1.82) is 0 Å². The maximum absolute atomic E-state index is 13.1. The first-order valence-electron chi connectivity index (χ1n) is 8.09. The molecule has 1 amide bonds. The number of ether oxygens (including phenoxy) is 1. The van der Waals surface area contributed by atoms with Gasteiger partial charge < -0.3 is 14.7 Å². The molecule has 27 heavy (non-hydrogen) atoms. The zero-order chi connectivity index (χ0) is 19.6. The van der Waals surface area contributed by atoms with Crippen LogP contribution in [0.15, 0.2) is 40.1 Å². The molecule has 1 saturated heterocycles. The summed E-state index contributed by atoms with van der Waals surface area (Å²) in [4.78, 5) is 50.4. The number of aromatic nitrogens is 2. The molecule has 2 aromatic rings. The van der Waals surface area contributed by atoms with Crippen molar-refractivity contribution in [2.75, 3.05) is 26.3 Å². The summed E-state index contributed by atoms with van der Waals surface area (Å²) in [5, 5.41) is 9.28. The Morgan fingerprint density at radius 3 is 2.33 bits per heavy atom. The summed E-state index contributed by atoms with van der Waals surface area (Å²) < 4.78 is 19.8. The Kier molecular flexibility index (Phi) is 5.17. The molecule has 0 bridgehead atoms. The second-order valence-corrected chi connectivity index (χ2v) is 5.87. The predicted octanol–water partition coefficient (Wildman–Crippen LogP) is -0.305. The number of aromatic carboxylic acids is 1. The van der Waals surface area contributed by atoms with Gasteiger partial charge in [0.15, 0.2) is 0 Å². The first-order valence-corrected chi connectivity index (χ1v) is 8.09. The highest BCUT2D eigenvalue weighted by Gasteiger charge is 2.22. The Balaban J connectivity index is 2.07. The summed E-state index contributed by atoms with van der Waals surface area (Å²) in [6.45, 7) is 1.03. The molecule has 142 valence electrons. The lowest BCUT2D eigenvalue weighted by atomic mass is 10.2. The lowest BCUT2D eigenvalue weighted by Crippen LogP contribution is -2.46. The Hall–Kier alpha value is -3.27. The van der Waals surface area contributed by atoms with E-state index in [-0.39, 0.29) is 5.69 Å². The molecule has 1 aromatic carbocycles. The van der Waals surface area contributed by atoms with E-state index in [2.05, 4.69) is 0 Å². The van der Waals surface area contributed by atoms with E-state index in [1.54, 1.807) is 0 Å². The smallest absolute Gasteiger partial charge is 0.342 e. The zero-order valence-corrected chi connectivity index (χ0v) is 14.1. The molecule has 2 heterocycles. The van der Waals surface area contributed by atoms with Gasteiger partial charge >= 0.3 is 11.7 Å². The van der Waals surface area contributed by atoms with E-state index >= 15 is 0 Å². The summed E-state index contributed by atoms with van der Waals surface area (Å²) in [7, 11) is 0. The zero-order valence-electron chi connectivity index (χ0n) is 14.1. The predicted molar refractivity (Wildman–Crippen MR) is 90.6 cm³/mol. The van der Waals surface area contributed by atoms with E-state index in [1.807, 2.05) is 0 Å². The monoisotopic (exact) mass is 377 g/mol. The van der Waals surface area contributed by atoms with Crippen LogP contribution in [0.4, 0.5) is 4.39 Å². The van der Waals surface area contributed by atoms with Crippen molar-refractivity contribution in [2.45, 2.75) is 6.54 Å². The molecule has 1 fully saturated rings. The molecule has 10 heteroatoms. The first kappa shape index (κ1) is 18.5. The summed E-state index contributed by atoms with van der Waals surface area (Å²) >= 11 is 0. The minimum atomic E-state index is -1.54. The van der Waals surface area contributed by atoms with Gasteiger partial charge in [0.2, 0.25) is 5.91 Å². The second-order valence-electron chi connectivity index (χ2n) is 5.87. The number of nitrogens with zero attached hydrogens (tertiary/aromatic N) is 3. The van der Waals surface area contributed by atoms with Gasteiger partial charge in [-0.25, -0.2) is 18.5 Å². The van der Waals surface area contributed by atoms with Gasteiger partial charge in [-0.2, -0.15) is 0 Å². The molecule has 0 saturated carbocycles. The molecule has 1 aliphatic rings. The number of carbonyl (C=O) groups excluding carboxylic acids is 1. The minimum Gasteiger partial charge on any atom is -0.477 e. The number of hydrogen-bond donors (Lipinski definition) is 1. The molecular formula is C17H16FN3O6. The third kappa shape index (κ3) is 3.80. The Morgan fingerprint density at radius 1 is 1.11 bits per heavy atom. The Morgan fingerprint density at radius 2 is 1.74 bits per heavy atom. The highest BCUT2D eigenvalue weighted by Crippen LogP contribution is 2.06. The van der Waals surface area contributed by atoms with Gasteiger partial charge in [0, 0.05) is 19.3 Å². The summed E-state index contributed by atoms with van der Waals surface area (Å²) in [6, 6.07) is 4.44. The molecule has 9 nitrogen and oxygen atoms in total. The molecule has 3 rings (SSSR count). The van der Waals surface area contributed by atoms with Gasteiger partial charge in [0.25, 0.3) is 5.56 Å². The van der Waals surface area contributed by atoms with Crippen molar-refractivity contribution in [3.05, 3.63) is 62.7 Å². The van der Waals surface area contributed by atoms with Crippen molar-refractivity contribution >= 4 is 11.9 Å². The quantitative estimate of drug-likeness (QED) is 0.783. The van der Waals surface area contributed by atoms with Gasteiger partial charge in [0.05, 0.1) is 18.9 Å². The maximum Gasteiger partial charge on any atom is 0.342 e. The van der Waals surface area contributed by atoms with Crippen LogP contribution in [0, 0.1) is 5.82 Å². The summed E-state index contributed by atoms with van der Waals surface area (Å²) in [5.74, 6) is -2.52. The van der Waals surface area contributed by atoms with Crippen LogP contribution in [0.25, 0.3) is 5.69 Å². The highest BCUT2D eigenvalue weighted by molar-refractivity contribution is 5.87. The third-order valence-electron chi connectivity index (χ3n) is 4.14. The lowest BCUT2D eigenvalue weighted by Gasteiger charge is -2.27. The van der Waals surface area contributed by atoms with Crippen molar-refractivity contribution in [1.82, 2.24) is 14.0 Å². The summed E-state index contributed by atoms with van der Waals surface area (Å²) in [5.41, 5.74) is -2.62. The normalized spacial score (nSPS) is 14.2. The van der Waals surface area contributed by atoms with Crippen molar-refractivity contribution < 1.29 is 23.8 Å². The van der Waals surface area contributed by atoms with E-state index < -0.39 is 41.1 Å². The van der Waals surface area contributed by atoms with Crippen LogP contribution >= 0.6 is 0 Å². The first-order chi connectivity index (χ1) is 12.9. The summed E-state index contributed by atoms with van der Waals surface area (Å²) in [6.07, 6.45) is 0.853. The fourth-order valence-corrected chi connectivity index (χ4v) is 2.74. The van der Waals surface area contributed by atoms with E-state index in [0.29, 0.717) is 30.9 Å². The minimum absolute atomic E-state index is 0.00192. The maximum atomic E-state index is 13.1. The number of morpholine rings is 1. The lowest BCUT2D eigenvalue weighted by molar-refractivity contribution is -0.136. The second kappa shape index (κ2) is 7.54. The van der Waals surface area contributed by atoms with Crippen LogP contribution < -0.4 is 11.2 Å². The van der Waals surface area contributed by atoms with E-state index in [0.717, 1.165) is 22.9 Å². The van der Waals surface area contributed by atoms with Crippen molar-refractivity contribution in [2.24, 2.45) is 0 Å². The fraction of sp³-hybridized carbons (Fsp3) is 0.294.